The molecule has 1 amide bonds. The number of hydrogen-bond donors (Lipinski definition) is 3. The Balaban J connectivity index is 3.43. The third-order valence-electron chi connectivity index (χ3n) is 0.871. The number of rotatable bonds is 4. The van der Waals surface area contributed by atoms with Crippen molar-refractivity contribution in [2.24, 2.45) is 5.73 Å². The molecule has 0 aliphatic carbocycles. The van der Waals surface area contributed by atoms with E-state index in [9.17, 15) is 4.79 Å². The van der Waals surface area contributed by atoms with Gasteiger partial charge in [-0.05, 0) is 0 Å². The molecule has 0 saturated heterocycles. The van der Waals surface area contributed by atoms with Crippen LogP contribution in [-0.2, 0) is 4.79 Å². The molecule has 0 aliphatic rings. The van der Waals surface area contributed by atoms with Crippen LogP contribution in [0.2, 0.25) is 0 Å². The highest BCUT2D eigenvalue weighted by atomic mass is 16.3. The van der Waals surface area contributed by atoms with Crippen LogP contribution >= 0.6 is 0 Å². The van der Waals surface area contributed by atoms with E-state index in [0.717, 1.165) is 0 Å². The van der Waals surface area contributed by atoms with Gasteiger partial charge in [-0.1, -0.05) is 0 Å². The zero-order chi connectivity index (χ0) is 7.28. The van der Waals surface area contributed by atoms with E-state index in [2.05, 4.69) is 0 Å². The second kappa shape index (κ2) is 4.29. The molecule has 0 spiro atoms. The molecular formula is C5H10NO3. The lowest BCUT2D eigenvalue weighted by Gasteiger charge is -2.04. The molecule has 0 saturated carbocycles. The Labute approximate surface area is 53.3 Å². The van der Waals surface area contributed by atoms with Crippen molar-refractivity contribution in [3.05, 3.63) is 5.92 Å². The summed E-state index contributed by atoms with van der Waals surface area (Å²) in [5, 5.41) is 16.7. The first-order chi connectivity index (χ1) is 4.20. The summed E-state index contributed by atoms with van der Waals surface area (Å²) in [7, 11) is 0. The zero-order valence-corrected chi connectivity index (χ0v) is 5.00. The van der Waals surface area contributed by atoms with Crippen molar-refractivity contribution in [2.45, 2.75) is 6.42 Å². The van der Waals surface area contributed by atoms with Crippen molar-refractivity contribution in [2.75, 3.05) is 13.2 Å². The van der Waals surface area contributed by atoms with Crippen LogP contribution in [0, 0.1) is 5.92 Å². The first kappa shape index (κ1) is 8.39. The highest BCUT2D eigenvalue weighted by Crippen LogP contribution is 2.00. The van der Waals surface area contributed by atoms with Gasteiger partial charge in [0, 0.05) is 12.3 Å². The fourth-order valence-electron chi connectivity index (χ4n) is 0.408. The van der Waals surface area contributed by atoms with Gasteiger partial charge in [-0.25, -0.2) is 0 Å². The minimum atomic E-state index is -0.534. The van der Waals surface area contributed by atoms with Gasteiger partial charge in [0.25, 0.3) is 0 Å². The van der Waals surface area contributed by atoms with Gasteiger partial charge in [-0.3, -0.25) is 4.79 Å². The molecule has 4 nitrogen and oxygen atoms in total. The summed E-state index contributed by atoms with van der Waals surface area (Å²) in [5.41, 5.74) is 4.76. The van der Waals surface area contributed by atoms with E-state index < -0.39 is 5.91 Å². The van der Waals surface area contributed by atoms with Crippen molar-refractivity contribution in [1.82, 2.24) is 0 Å². The maximum absolute atomic E-state index is 10.1. The Morgan fingerprint density at radius 1 is 1.33 bits per heavy atom. The monoisotopic (exact) mass is 132 g/mol. The molecule has 4 heteroatoms. The van der Waals surface area contributed by atoms with Gasteiger partial charge in [0.15, 0.2) is 0 Å². The lowest BCUT2D eigenvalue weighted by Crippen LogP contribution is -2.19. The fraction of sp³-hybridized carbons (Fsp3) is 0.600. The number of aliphatic hydroxyl groups excluding tert-OH is 2. The molecule has 1 radical (unpaired) electrons. The smallest absolute Gasteiger partial charge is 0.218 e. The average Bonchev–Trinajstić information content (AvgIpc) is 1.82. The first-order valence-electron chi connectivity index (χ1n) is 2.54. The molecule has 0 aliphatic heterocycles. The van der Waals surface area contributed by atoms with E-state index in [4.69, 9.17) is 15.9 Å². The summed E-state index contributed by atoms with van der Waals surface area (Å²) in [6, 6.07) is 0. The summed E-state index contributed by atoms with van der Waals surface area (Å²) >= 11 is 0. The van der Waals surface area contributed by atoms with Gasteiger partial charge in [0.1, 0.15) is 0 Å². The van der Waals surface area contributed by atoms with Crippen molar-refractivity contribution < 1.29 is 15.0 Å². The van der Waals surface area contributed by atoms with Crippen LogP contribution in [-0.4, -0.2) is 29.3 Å². The summed E-state index contributed by atoms with van der Waals surface area (Å²) < 4.78 is 0. The van der Waals surface area contributed by atoms with E-state index in [1.54, 1.807) is 0 Å². The standard InChI is InChI=1S/C5H10NO3/c6-5(9)1-4(2-7)3-8/h7-8H,1-3H2,(H2,6,9). The van der Waals surface area contributed by atoms with Crippen LogP contribution in [0.15, 0.2) is 0 Å². The van der Waals surface area contributed by atoms with Gasteiger partial charge in [-0.15, -0.1) is 0 Å². The minimum Gasteiger partial charge on any atom is -0.396 e. The Morgan fingerprint density at radius 2 is 1.78 bits per heavy atom. The first-order valence-corrected chi connectivity index (χ1v) is 2.54. The van der Waals surface area contributed by atoms with E-state index in [-0.39, 0.29) is 19.6 Å². The largest absolute Gasteiger partial charge is 0.396 e. The number of nitrogens with two attached hydrogens (primary N) is 1. The predicted octanol–water partition coefficient (Wildman–Crippen LogP) is -1.58. The molecule has 4 N–H and O–H groups in total. The summed E-state index contributed by atoms with van der Waals surface area (Å²) in [5.74, 6) is -0.185. The average molecular weight is 132 g/mol. The van der Waals surface area contributed by atoms with Gasteiger partial charge >= 0.3 is 0 Å². The maximum Gasteiger partial charge on any atom is 0.218 e. The molecule has 0 aromatic carbocycles. The Hall–Kier alpha value is -0.610. The lowest BCUT2D eigenvalue weighted by molar-refractivity contribution is -0.118. The second-order valence-electron chi connectivity index (χ2n) is 1.71. The number of carbonyl (C=O) groups excluding carboxylic acids is 1. The van der Waals surface area contributed by atoms with Crippen molar-refractivity contribution >= 4 is 5.91 Å². The number of aliphatic hydroxyl groups is 2. The normalized spacial score (nSPS) is 10.1. The SMILES string of the molecule is NC(=O)C[C](CO)CO. The van der Waals surface area contributed by atoms with Crippen LogP contribution in [0.1, 0.15) is 6.42 Å². The third kappa shape index (κ3) is 3.93. The van der Waals surface area contributed by atoms with Gasteiger partial charge in [0.2, 0.25) is 5.91 Å². The lowest BCUT2D eigenvalue weighted by atomic mass is 10.1. The molecule has 0 unspecified atom stereocenters. The van der Waals surface area contributed by atoms with Crippen LogP contribution in [0.5, 0.6) is 0 Å². The molecule has 0 rings (SSSR count). The Morgan fingerprint density at radius 3 is 1.89 bits per heavy atom. The zero-order valence-electron chi connectivity index (χ0n) is 5.00. The third-order valence-corrected chi connectivity index (χ3v) is 0.871. The molecule has 0 fully saturated rings. The Bertz CT molecular complexity index is 90.2. The quantitative estimate of drug-likeness (QED) is 0.431. The van der Waals surface area contributed by atoms with Gasteiger partial charge < -0.3 is 15.9 Å². The molecule has 9 heavy (non-hydrogen) atoms. The van der Waals surface area contributed by atoms with E-state index >= 15 is 0 Å². The molecule has 0 atom stereocenters. The van der Waals surface area contributed by atoms with E-state index in [0.29, 0.717) is 5.92 Å². The van der Waals surface area contributed by atoms with Crippen molar-refractivity contribution in [3.8, 4) is 0 Å². The number of hydrogen-bond acceptors (Lipinski definition) is 3. The molecule has 0 heterocycles. The Kier molecular flexibility index (Phi) is 4.00. The predicted molar refractivity (Wildman–Crippen MR) is 31.2 cm³/mol. The molecule has 53 valence electrons. The van der Waals surface area contributed by atoms with Crippen molar-refractivity contribution in [1.29, 1.82) is 0 Å². The van der Waals surface area contributed by atoms with E-state index in [1.165, 1.54) is 0 Å². The van der Waals surface area contributed by atoms with Crippen molar-refractivity contribution in [3.63, 3.8) is 0 Å². The fourth-order valence-corrected chi connectivity index (χ4v) is 0.408. The molecule has 0 bridgehead atoms. The summed E-state index contributed by atoms with van der Waals surface area (Å²) in [6.07, 6.45) is -0.0347. The summed E-state index contributed by atoms with van der Waals surface area (Å²) in [6.45, 7) is -0.557. The second-order valence-corrected chi connectivity index (χ2v) is 1.71. The number of amides is 1. The van der Waals surface area contributed by atoms with Gasteiger partial charge in [0.05, 0.1) is 13.2 Å². The topological polar surface area (TPSA) is 83.6 Å². The molecule has 0 aromatic heterocycles. The van der Waals surface area contributed by atoms with Crippen LogP contribution in [0.25, 0.3) is 0 Å². The van der Waals surface area contributed by atoms with Crippen LogP contribution < -0.4 is 5.73 Å². The number of primary amides is 1. The van der Waals surface area contributed by atoms with Gasteiger partial charge in [-0.2, -0.15) is 0 Å². The van der Waals surface area contributed by atoms with E-state index in [1.807, 2.05) is 0 Å². The molecular weight excluding hydrogens is 122 g/mol. The minimum absolute atomic E-state index is 0.0347. The highest BCUT2D eigenvalue weighted by Gasteiger charge is 2.08. The highest BCUT2D eigenvalue weighted by molar-refractivity contribution is 5.75. The number of carbonyl (C=O) groups is 1. The maximum atomic E-state index is 10.1. The molecule has 0 aromatic rings. The van der Waals surface area contributed by atoms with Crippen LogP contribution in [0.3, 0.4) is 0 Å². The van der Waals surface area contributed by atoms with Crippen LogP contribution in [0.4, 0.5) is 0 Å². The summed E-state index contributed by atoms with van der Waals surface area (Å²) in [4.78, 5) is 10.1.